The average molecular weight is 389 g/mol. The van der Waals surface area contributed by atoms with Crippen LogP contribution in [0.4, 0.5) is 0 Å². The van der Waals surface area contributed by atoms with Crippen molar-refractivity contribution in [3.8, 4) is 0 Å². The van der Waals surface area contributed by atoms with E-state index < -0.39 is 25.2 Å². The molecule has 0 unspecified atom stereocenters. The highest BCUT2D eigenvalue weighted by Crippen LogP contribution is 2.16. The van der Waals surface area contributed by atoms with Gasteiger partial charge in [-0.1, -0.05) is 90.4 Å². The van der Waals surface area contributed by atoms with Crippen molar-refractivity contribution in [2.24, 2.45) is 5.41 Å². The van der Waals surface area contributed by atoms with Gasteiger partial charge in [0, 0.05) is 6.42 Å². The van der Waals surface area contributed by atoms with E-state index in [1.54, 1.807) is 0 Å². The fourth-order valence-electron chi connectivity index (χ4n) is 3.06. The Morgan fingerprint density at radius 2 is 1.04 bits per heavy atom. The van der Waals surface area contributed by atoms with Gasteiger partial charge in [-0.25, -0.2) is 0 Å². The number of aliphatic hydroxyl groups is 3. The van der Waals surface area contributed by atoms with Crippen LogP contribution in [0.3, 0.4) is 0 Å². The monoisotopic (exact) mass is 388 g/mol. The molecule has 0 bridgehead atoms. The summed E-state index contributed by atoms with van der Waals surface area (Å²) in [7, 11) is 0. The van der Waals surface area contributed by atoms with E-state index in [0.717, 1.165) is 19.3 Å². The summed E-state index contributed by atoms with van der Waals surface area (Å²) in [5.41, 5.74) is -1.13. The van der Waals surface area contributed by atoms with Crippen molar-refractivity contribution in [2.75, 3.05) is 26.4 Å². The van der Waals surface area contributed by atoms with Crippen LogP contribution in [-0.4, -0.2) is 47.7 Å². The lowest BCUT2D eigenvalue weighted by Gasteiger charge is -2.26. The van der Waals surface area contributed by atoms with Crippen LogP contribution in [0.5, 0.6) is 0 Å². The zero-order valence-electron chi connectivity index (χ0n) is 17.6. The molecule has 0 aliphatic rings. The number of esters is 1. The van der Waals surface area contributed by atoms with Gasteiger partial charge in [0.15, 0.2) is 0 Å². The number of ether oxygens (including phenoxy) is 1. The van der Waals surface area contributed by atoms with Gasteiger partial charge in [-0.3, -0.25) is 4.79 Å². The maximum Gasteiger partial charge on any atom is 0.305 e. The topological polar surface area (TPSA) is 87.0 Å². The van der Waals surface area contributed by atoms with Gasteiger partial charge in [0.05, 0.1) is 25.2 Å². The second-order valence-electron chi connectivity index (χ2n) is 7.98. The van der Waals surface area contributed by atoms with Gasteiger partial charge in [-0.15, -0.1) is 0 Å². The van der Waals surface area contributed by atoms with Gasteiger partial charge in [0.1, 0.15) is 6.61 Å². The van der Waals surface area contributed by atoms with Crippen LogP contribution in [0.1, 0.15) is 103 Å². The van der Waals surface area contributed by atoms with Crippen molar-refractivity contribution in [3.05, 3.63) is 0 Å². The van der Waals surface area contributed by atoms with E-state index in [2.05, 4.69) is 6.92 Å². The van der Waals surface area contributed by atoms with Crippen molar-refractivity contribution in [1.82, 2.24) is 0 Å². The Bertz CT molecular complexity index is 320. The molecule has 162 valence electrons. The zero-order valence-corrected chi connectivity index (χ0v) is 17.6. The SMILES string of the molecule is CCCCCCCCCCCCCCCCC(=O)OCC(CO)(CO)CO. The molecule has 3 N–H and O–H groups in total. The van der Waals surface area contributed by atoms with Gasteiger partial charge in [-0.2, -0.15) is 0 Å². The van der Waals surface area contributed by atoms with E-state index in [1.165, 1.54) is 70.6 Å². The summed E-state index contributed by atoms with van der Waals surface area (Å²) in [6, 6.07) is 0. The number of hydrogen-bond acceptors (Lipinski definition) is 5. The summed E-state index contributed by atoms with van der Waals surface area (Å²) >= 11 is 0. The molecule has 0 aromatic carbocycles. The predicted molar refractivity (Wildman–Crippen MR) is 110 cm³/mol. The van der Waals surface area contributed by atoms with Crippen LogP contribution < -0.4 is 0 Å². The molecule has 0 radical (unpaired) electrons. The van der Waals surface area contributed by atoms with Crippen LogP contribution in [0, 0.1) is 5.41 Å². The predicted octanol–water partition coefficient (Wildman–Crippen LogP) is 4.36. The van der Waals surface area contributed by atoms with E-state index >= 15 is 0 Å². The first kappa shape index (κ1) is 26.4. The van der Waals surface area contributed by atoms with E-state index in [1.807, 2.05) is 0 Å². The highest BCUT2D eigenvalue weighted by Gasteiger charge is 2.29. The summed E-state index contributed by atoms with van der Waals surface area (Å²) in [6.45, 7) is 0.878. The average Bonchev–Trinajstić information content (AvgIpc) is 2.69. The van der Waals surface area contributed by atoms with E-state index in [9.17, 15) is 20.1 Å². The molecule has 27 heavy (non-hydrogen) atoms. The maximum atomic E-state index is 11.7. The molecule has 0 saturated carbocycles. The Morgan fingerprint density at radius 3 is 1.41 bits per heavy atom. The number of unbranched alkanes of at least 4 members (excludes halogenated alkanes) is 13. The largest absolute Gasteiger partial charge is 0.465 e. The van der Waals surface area contributed by atoms with Crippen LogP contribution in [0.2, 0.25) is 0 Å². The molecule has 0 spiro atoms. The Morgan fingerprint density at radius 1 is 0.667 bits per heavy atom. The Kier molecular flexibility index (Phi) is 18.3. The van der Waals surface area contributed by atoms with E-state index in [4.69, 9.17) is 4.74 Å². The summed E-state index contributed by atoms with van der Waals surface area (Å²) in [5, 5.41) is 27.6. The second-order valence-corrected chi connectivity index (χ2v) is 7.98. The molecule has 0 fully saturated rings. The van der Waals surface area contributed by atoms with Crippen LogP contribution in [-0.2, 0) is 9.53 Å². The first-order valence-electron chi connectivity index (χ1n) is 11.1. The summed E-state index contributed by atoms with van der Waals surface area (Å²) in [5.74, 6) is -0.325. The van der Waals surface area contributed by atoms with Gasteiger partial charge in [0.25, 0.3) is 0 Å². The molecule has 0 aliphatic carbocycles. The lowest BCUT2D eigenvalue weighted by Crippen LogP contribution is -2.39. The molecule has 0 atom stereocenters. The number of aliphatic hydroxyl groups excluding tert-OH is 3. The third-order valence-corrected chi connectivity index (χ3v) is 5.28. The first-order valence-corrected chi connectivity index (χ1v) is 11.1. The molecule has 5 nitrogen and oxygen atoms in total. The maximum absolute atomic E-state index is 11.7. The van der Waals surface area contributed by atoms with E-state index in [0.29, 0.717) is 6.42 Å². The second kappa shape index (κ2) is 18.7. The fourth-order valence-corrected chi connectivity index (χ4v) is 3.06. The van der Waals surface area contributed by atoms with Gasteiger partial charge in [0.2, 0.25) is 0 Å². The lowest BCUT2D eigenvalue weighted by atomic mass is 9.93. The Balaban J connectivity index is 3.38. The quantitative estimate of drug-likeness (QED) is 0.213. The highest BCUT2D eigenvalue weighted by atomic mass is 16.5. The number of rotatable bonds is 20. The molecule has 0 saturated heterocycles. The van der Waals surface area contributed by atoms with Gasteiger partial charge in [-0.05, 0) is 6.42 Å². The molecule has 5 heteroatoms. The van der Waals surface area contributed by atoms with Crippen molar-refractivity contribution in [1.29, 1.82) is 0 Å². The number of carbonyl (C=O) groups is 1. The third-order valence-electron chi connectivity index (χ3n) is 5.28. The first-order chi connectivity index (χ1) is 13.1. The molecule has 0 rings (SSSR count). The van der Waals surface area contributed by atoms with Crippen LogP contribution in [0.15, 0.2) is 0 Å². The van der Waals surface area contributed by atoms with Gasteiger partial charge < -0.3 is 20.1 Å². The summed E-state index contributed by atoms with van der Waals surface area (Å²) in [6.07, 6.45) is 18.2. The summed E-state index contributed by atoms with van der Waals surface area (Å²) < 4.78 is 5.07. The normalized spacial score (nSPS) is 11.7. The van der Waals surface area contributed by atoms with Crippen molar-refractivity contribution in [2.45, 2.75) is 103 Å². The highest BCUT2D eigenvalue weighted by molar-refractivity contribution is 5.69. The number of hydrogen-bond donors (Lipinski definition) is 3. The fraction of sp³-hybridized carbons (Fsp3) is 0.955. The minimum Gasteiger partial charge on any atom is -0.465 e. The standard InChI is InChI=1S/C22H44O5/c1-2-3-4-5-6-7-8-9-10-11-12-13-14-15-16-21(26)27-20-22(17-23,18-24)19-25/h23-25H,2-20H2,1H3. The number of carbonyl (C=O) groups excluding carboxylic acids is 1. The minimum atomic E-state index is -1.13. The molecule has 0 amide bonds. The van der Waals surface area contributed by atoms with Crippen molar-refractivity contribution < 1.29 is 24.9 Å². The zero-order chi connectivity index (χ0) is 20.2. The molecule has 0 aliphatic heterocycles. The van der Waals surface area contributed by atoms with Crippen molar-refractivity contribution >= 4 is 5.97 Å². The van der Waals surface area contributed by atoms with Crippen molar-refractivity contribution in [3.63, 3.8) is 0 Å². The molecule has 0 heterocycles. The smallest absolute Gasteiger partial charge is 0.305 e. The van der Waals surface area contributed by atoms with Gasteiger partial charge >= 0.3 is 5.97 Å². The van der Waals surface area contributed by atoms with Crippen LogP contribution >= 0.6 is 0 Å². The Labute approximate surface area is 166 Å². The minimum absolute atomic E-state index is 0.145. The molecular formula is C22H44O5. The van der Waals surface area contributed by atoms with Crippen LogP contribution in [0.25, 0.3) is 0 Å². The van der Waals surface area contributed by atoms with E-state index in [-0.39, 0.29) is 12.6 Å². The molecular weight excluding hydrogens is 344 g/mol. The lowest BCUT2D eigenvalue weighted by molar-refractivity contribution is -0.151. The molecule has 0 aromatic rings. The molecule has 0 aromatic heterocycles. The Hall–Kier alpha value is -0.650. The third kappa shape index (κ3) is 15.0. The summed E-state index contributed by atoms with van der Waals surface area (Å²) in [4.78, 5) is 11.7.